The Kier molecular flexibility index (Phi) is 6.59. The molecule has 1 saturated heterocycles. The van der Waals surface area contributed by atoms with Crippen LogP contribution in [-0.2, 0) is 11.4 Å². The van der Waals surface area contributed by atoms with E-state index in [4.69, 9.17) is 33.3 Å². The van der Waals surface area contributed by atoms with Crippen molar-refractivity contribution in [2.24, 2.45) is 0 Å². The van der Waals surface area contributed by atoms with Gasteiger partial charge < -0.3 is 9.47 Å². The molecule has 0 spiro atoms. The molecular formula is C20H17ClFNO3S2. The zero-order valence-electron chi connectivity index (χ0n) is 15.2. The summed E-state index contributed by atoms with van der Waals surface area (Å²) in [6, 6.07) is 9.72. The predicted octanol–water partition coefficient (Wildman–Crippen LogP) is 5.29. The van der Waals surface area contributed by atoms with Gasteiger partial charge in [0.1, 0.15) is 28.2 Å². The van der Waals surface area contributed by atoms with Crippen LogP contribution in [0.4, 0.5) is 4.39 Å². The van der Waals surface area contributed by atoms with Gasteiger partial charge >= 0.3 is 0 Å². The number of ether oxygens (including phenoxy) is 2. The van der Waals surface area contributed by atoms with Crippen LogP contribution in [0, 0.1) is 5.82 Å². The Balaban J connectivity index is 1.82. The van der Waals surface area contributed by atoms with Gasteiger partial charge in [-0.1, -0.05) is 41.6 Å². The SMILES string of the molecule is CCN1C(=O)C(=Cc2ccc(OC)c(COc3ccc(F)c(Cl)c3)c2)SC1=S. The lowest BCUT2D eigenvalue weighted by Crippen LogP contribution is -2.27. The van der Waals surface area contributed by atoms with Gasteiger partial charge in [0.05, 0.1) is 17.0 Å². The fraction of sp³-hybridized carbons (Fsp3) is 0.200. The van der Waals surface area contributed by atoms with Gasteiger partial charge in [-0.3, -0.25) is 9.69 Å². The van der Waals surface area contributed by atoms with Gasteiger partial charge in [-0.25, -0.2) is 4.39 Å². The van der Waals surface area contributed by atoms with Gasteiger partial charge in [0, 0.05) is 18.2 Å². The molecule has 4 nitrogen and oxygen atoms in total. The first-order valence-electron chi connectivity index (χ1n) is 8.43. The second-order valence-corrected chi connectivity index (χ2v) is 7.94. The normalized spacial score (nSPS) is 15.4. The number of hydrogen-bond donors (Lipinski definition) is 0. The number of likely N-dealkylation sites (N-methyl/N-ethyl adjacent to an activating group) is 1. The third kappa shape index (κ3) is 4.48. The molecule has 28 heavy (non-hydrogen) atoms. The van der Waals surface area contributed by atoms with Gasteiger partial charge in [0.15, 0.2) is 0 Å². The van der Waals surface area contributed by atoms with Gasteiger partial charge in [-0.2, -0.15) is 0 Å². The fourth-order valence-corrected chi connectivity index (χ4v) is 4.21. The number of hydrogen-bond acceptors (Lipinski definition) is 5. The van der Waals surface area contributed by atoms with E-state index in [2.05, 4.69) is 0 Å². The number of methoxy groups -OCH3 is 1. The summed E-state index contributed by atoms with van der Waals surface area (Å²) in [7, 11) is 1.57. The van der Waals surface area contributed by atoms with Crippen LogP contribution >= 0.6 is 35.6 Å². The second kappa shape index (κ2) is 8.94. The van der Waals surface area contributed by atoms with Crippen LogP contribution in [0.15, 0.2) is 41.3 Å². The molecule has 0 unspecified atom stereocenters. The summed E-state index contributed by atoms with van der Waals surface area (Å²) in [5.41, 5.74) is 1.61. The number of thiocarbonyl (C=S) groups is 1. The molecule has 0 aromatic heterocycles. The van der Waals surface area contributed by atoms with Crippen molar-refractivity contribution in [2.75, 3.05) is 13.7 Å². The van der Waals surface area contributed by atoms with Crippen molar-refractivity contribution in [1.29, 1.82) is 0 Å². The summed E-state index contributed by atoms with van der Waals surface area (Å²) in [6.07, 6.45) is 1.80. The molecular weight excluding hydrogens is 421 g/mol. The standard InChI is InChI=1S/C20H17ClFNO3S2/c1-3-23-19(24)18(28-20(23)27)9-12-4-7-17(25-2)13(8-12)11-26-14-5-6-16(22)15(21)10-14/h4-10H,3,11H2,1-2H3. The summed E-state index contributed by atoms with van der Waals surface area (Å²) in [5.74, 6) is 0.499. The lowest BCUT2D eigenvalue weighted by atomic mass is 10.1. The lowest BCUT2D eigenvalue weighted by molar-refractivity contribution is -0.121. The first kappa shape index (κ1) is 20.6. The molecule has 0 atom stereocenters. The van der Waals surface area contributed by atoms with Gasteiger partial charge in [0.25, 0.3) is 5.91 Å². The first-order chi connectivity index (χ1) is 13.4. The Morgan fingerprint density at radius 3 is 2.71 bits per heavy atom. The number of benzene rings is 2. The molecule has 146 valence electrons. The maximum Gasteiger partial charge on any atom is 0.266 e. The van der Waals surface area contributed by atoms with E-state index in [1.165, 1.54) is 30.0 Å². The highest BCUT2D eigenvalue weighted by atomic mass is 35.5. The minimum atomic E-state index is -0.502. The van der Waals surface area contributed by atoms with Crippen molar-refractivity contribution in [3.63, 3.8) is 0 Å². The average Bonchev–Trinajstić information content (AvgIpc) is 2.95. The van der Waals surface area contributed by atoms with Crippen LogP contribution in [0.5, 0.6) is 11.5 Å². The van der Waals surface area contributed by atoms with E-state index < -0.39 is 5.82 Å². The minimum absolute atomic E-state index is 0.00355. The van der Waals surface area contributed by atoms with Crippen molar-refractivity contribution in [3.05, 3.63) is 63.3 Å². The molecule has 1 aliphatic heterocycles. The van der Waals surface area contributed by atoms with Crippen molar-refractivity contribution in [3.8, 4) is 11.5 Å². The van der Waals surface area contributed by atoms with Gasteiger partial charge in [-0.15, -0.1) is 0 Å². The Bertz CT molecular complexity index is 964. The Labute approximate surface area is 177 Å². The number of nitrogens with zero attached hydrogens (tertiary/aromatic N) is 1. The number of thioether (sulfide) groups is 1. The van der Waals surface area contributed by atoms with E-state index in [1.807, 2.05) is 25.1 Å². The van der Waals surface area contributed by atoms with Crippen molar-refractivity contribution in [1.82, 2.24) is 4.90 Å². The van der Waals surface area contributed by atoms with Gasteiger partial charge in [-0.05, 0) is 42.8 Å². The minimum Gasteiger partial charge on any atom is -0.496 e. The number of amides is 1. The molecule has 2 aromatic rings. The topological polar surface area (TPSA) is 38.8 Å². The van der Waals surface area contributed by atoms with Crippen molar-refractivity contribution in [2.45, 2.75) is 13.5 Å². The maximum absolute atomic E-state index is 13.3. The largest absolute Gasteiger partial charge is 0.496 e. The van der Waals surface area contributed by atoms with Crippen molar-refractivity contribution >= 4 is 51.9 Å². The van der Waals surface area contributed by atoms with E-state index in [9.17, 15) is 9.18 Å². The number of rotatable bonds is 6. The number of carbonyl (C=O) groups excluding carboxylic acids is 1. The second-order valence-electron chi connectivity index (χ2n) is 5.86. The summed E-state index contributed by atoms with van der Waals surface area (Å²) in [6.45, 7) is 2.63. The Morgan fingerprint density at radius 2 is 2.07 bits per heavy atom. The zero-order valence-corrected chi connectivity index (χ0v) is 17.6. The summed E-state index contributed by atoms with van der Waals surface area (Å²) < 4.78 is 24.9. The molecule has 1 fully saturated rings. The van der Waals surface area contributed by atoms with Crippen LogP contribution in [0.3, 0.4) is 0 Å². The molecule has 1 amide bonds. The number of carbonyl (C=O) groups is 1. The zero-order chi connectivity index (χ0) is 20.3. The van der Waals surface area contributed by atoms with E-state index >= 15 is 0 Å². The molecule has 1 aliphatic rings. The van der Waals surface area contributed by atoms with Crippen LogP contribution in [0.2, 0.25) is 5.02 Å². The monoisotopic (exact) mass is 437 g/mol. The molecule has 0 radical (unpaired) electrons. The highest BCUT2D eigenvalue weighted by Gasteiger charge is 2.30. The van der Waals surface area contributed by atoms with Crippen LogP contribution in [-0.4, -0.2) is 28.8 Å². The van der Waals surface area contributed by atoms with E-state index in [0.717, 1.165) is 11.1 Å². The van der Waals surface area contributed by atoms with Crippen LogP contribution in [0.1, 0.15) is 18.1 Å². The molecule has 0 bridgehead atoms. The predicted molar refractivity (Wildman–Crippen MR) is 114 cm³/mol. The molecule has 3 rings (SSSR count). The van der Waals surface area contributed by atoms with E-state index in [1.54, 1.807) is 18.1 Å². The molecule has 0 saturated carbocycles. The third-order valence-corrected chi connectivity index (χ3v) is 5.74. The molecule has 8 heteroatoms. The van der Waals surface area contributed by atoms with Gasteiger partial charge in [0.2, 0.25) is 0 Å². The molecule has 1 heterocycles. The van der Waals surface area contributed by atoms with Crippen molar-refractivity contribution < 1.29 is 18.7 Å². The smallest absolute Gasteiger partial charge is 0.266 e. The Morgan fingerprint density at radius 1 is 1.29 bits per heavy atom. The molecule has 0 N–H and O–H groups in total. The summed E-state index contributed by atoms with van der Waals surface area (Å²) in [5, 5.41) is -0.00355. The molecule has 2 aromatic carbocycles. The quantitative estimate of drug-likeness (QED) is 0.453. The average molecular weight is 438 g/mol. The van der Waals surface area contributed by atoms with E-state index in [-0.39, 0.29) is 17.5 Å². The third-order valence-electron chi connectivity index (χ3n) is 4.08. The summed E-state index contributed by atoms with van der Waals surface area (Å²) in [4.78, 5) is 14.5. The molecule has 0 aliphatic carbocycles. The Hall–Kier alpha value is -2.09. The van der Waals surface area contributed by atoms with Crippen LogP contribution < -0.4 is 9.47 Å². The number of halogens is 2. The first-order valence-corrected chi connectivity index (χ1v) is 10.0. The highest BCUT2D eigenvalue weighted by molar-refractivity contribution is 8.26. The summed E-state index contributed by atoms with van der Waals surface area (Å²) >= 11 is 12.3. The fourth-order valence-electron chi connectivity index (χ4n) is 2.65. The van der Waals surface area contributed by atoms with E-state index in [0.29, 0.717) is 27.3 Å². The lowest BCUT2D eigenvalue weighted by Gasteiger charge is -2.12. The van der Waals surface area contributed by atoms with Crippen LogP contribution in [0.25, 0.3) is 6.08 Å². The maximum atomic E-state index is 13.3. The highest BCUT2D eigenvalue weighted by Crippen LogP contribution is 2.33.